The molecule has 22 heavy (non-hydrogen) atoms. The van der Waals surface area contributed by atoms with Gasteiger partial charge in [-0.1, -0.05) is 40.3 Å². The molecule has 0 aliphatic heterocycles. The fourth-order valence-corrected chi connectivity index (χ4v) is 3.02. The molecule has 0 aliphatic rings. The van der Waals surface area contributed by atoms with E-state index in [9.17, 15) is 10.1 Å². The van der Waals surface area contributed by atoms with E-state index in [2.05, 4.69) is 27.0 Å². The topological polar surface area (TPSA) is 56.6 Å². The number of carbonyl (C=O) groups excluding carboxylic acids is 1. The van der Waals surface area contributed by atoms with Gasteiger partial charge in [-0.25, -0.2) is 0 Å². The Morgan fingerprint density at radius 1 is 1.27 bits per heavy atom. The smallest absolute Gasteiger partial charge is 0.141 e. The Bertz CT molecular complexity index is 816. The zero-order valence-electron chi connectivity index (χ0n) is 12.4. The van der Waals surface area contributed by atoms with Crippen LogP contribution in [-0.2, 0) is 17.6 Å². The Kier molecular flexibility index (Phi) is 5.28. The number of H-pyrrole nitrogens is 1. The van der Waals surface area contributed by atoms with Gasteiger partial charge in [0, 0.05) is 23.0 Å². The third kappa shape index (κ3) is 3.70. The van der Waals surface area contributed by atoms with Crippen molar-refractivity contribution in [1.82, 2.24) is 4.98 Å². The van der Waals surface area contributed by atoms with Crippen molar-refractivity contribution in [3.63, 3.8) is 0 Å². The number of carbonyl (C=O) groups is 1. The van der Waals surface area contributed by atoms with Gasteiger partial charge in [-0.2, -0.15) is 5.26 Å². The molecular formula is C17H15BrN2OS. The van der Waals surface area contributed by atoms with Crippen LogP contribution in [0.15, 0.2) is 28.7 Å². The maximum Gasteiger partial charge on any atom is 0.141 e. The number of hydrogen-bond donors (Lipinski definition) is 1. The molecule has 0 atom stereocenters. The lowest BCUT2D eigenvalue weighted by Gasteiger charge is -2.11. The summed E-state index contributed by atoms with van der Waals surface area (Å²) in [6, 6.07) is 9.82. The zero-order valence-corrected chi connectivity index (χ0v) is 14.8. The summed E-state index contributed by atoms with van der Waals surface area (Å²) in [5.74, 6) is 0.114. The van der Waals surface area contributed by atoms with Crippen molar-refractivity contribution in [1.29, 1.82) is 5.26 Å². The van der Waals surface area contributed by atoms with Gasteiger partial charge in [0.15, 0.2) is 0 Å². The number of nitriles is 1. The van der Waals surface area contributed by atoms with E-state index in [0.717, 1.165) is 26.9 Å². The minimum Gasteiger partial charge on any atom is -0.349 e. The van der Waals surface area contributed by atoms with Crippen LogP contribution in [0.2, 0.25) is 0 Å². The molecule has 1 N–H and O–H groups in total. The molecule has 0 bridgehead atoms. The van der Waals surface area contributed by atoms with Crippen molar-refractivity contribution < 1.29 is 4.79 Å². The fourth-order valence-electron chi connectivity index (χ4n) is 2.40. The van der Waals surface area contributed by atoms with Crippen LogP contribution >= 0.6 is 28.1 Å². The van der Waals surface area contributed by atoms with Crippen molar-refractivity contribution >= 4 is 33.9 Å². The number of nitrogens with zero attached hydrogens (tertiary/aromatic N) is 1. The molecule has 1 heterocycles. The van der Waals surface area contributed by atoms with Gasteiger partial charge in [-0.05, 0) is 42.7 Å². The summed E-state index contributed by atoms with van der Waals surface area (Å²) < 4.78 is 1.42. The van der Waals surface area contributed by atoms with E-state index in [-0.39, 0.29) is 5.78 Å². The van der Waals surface area contributed by atoms with E-state index in [1.807, 2.05) is 38.1 Å². The molecular weight excluding hydrogens is 360 g/mol. The van der Waals surface area contributed by atoms with Crippen LogP contribution in [0.25, 0.3) is 0 Å². The van der Waals surface area contributed by atoms with Crippen molar-refractivity contribution in [2.45, 2.75) is 26.7 Å². The summed E-state index contributed by atoms with van der Waals surface area (Å²) in [6.07, 6.45) is 0.679. The number of aryl methyl sites for hydroxylation is 1. The van der Waals surface area contributed by atoms with Gasteiger partial charge in [0.25, 0.3) is 0 Å². The second kappa shape index (κ2) is 6.99. The molecule has 112 valence electrons. The second-order valence-corrected chi connectivity index (χ2v) is 6.51. The molecule has 3 nitrogen and oxygen atoms in total. The number of benzene rings is 1. The molecule has 2 rings (SSSR count). The van der Waals surface area contributed by atoms with Crippen LogP contribution in [-0.4, -0.2) is 10.8 Å². The van der Waals surface area contributed by atoms with E-state index in [1.54, 1.807) is 0 Å². The average molecular weight is 375 g/mol. The zero-order chi connectivity index (χ0) is 16.3. The summed E-state index contributed by atoms with van der Waals surface area (Å²) in [5, 5.41) is 9.18. The number of pyridine rings is 1. The number of nitrogens with one attached hydrogen (secondary N) is 1. The standard InChI is InChI=1S/C17H15BrN2OS/c1-10-15(11(2)20-17(22)16(10)9-19)8-14(21)7-12-3-5-13(18)6-4-12/h3-6H,7-8H2,1-2H3,(H,20,22). The van der Waals surface area contributed by atoms with Gasteiger partial charge >= 0.3 is 0 Å². The highest BCUT2D eigenvalue weighted by atomic mass is 79.9. The largest absolute Gasteiger partial charge is 0.349 e. The molecule has 2 aromatic rings. The van der Waals surface area contributed by atoms with Crippen molar-refractivity contribution in [3.8, 4) is 6.07 Å². The van der Waals surface area contributed by atoms with Crippen molar-refractivity contribution in [2.75, 3.05) is 0 Å². The predicted octanol–water partition coefficient (Wildman–Crippen LogP) is 4.35. The third-order valence-corrected chi connectivity index (χ3v) is 4.44. The molecule has 0 fully saturated rings. The normalized spacial score (nSPS) is 10.3. The fraction of sp³-hybridized carbons (Fsp3) is 0.235. The van der Waals surface area contributed by atoms with Crippen LogP contribution in [0, 0.1) is 29.8 Å². The Hall–Kier alpha value is -1.77. The Morgan fingerprint density at radius 2 is 1.91 bits per heavy atom. The predicted molar refractivity (Wildman–Crippen MR) is 92.4 cm³/mol. The van der Waals surface area contributed by atoms with Gasteiger partial charge in [0.05, 0.1) is 5.56 Å². The van der Waals surface area contributed by atoms with Gasteiger partial charge < -0.3 is 4.98 Å². The van der Waals surface area contributed by atoms with Crippen LogP contribution in [0.3, 0.4) is 0 Å². The summed E-state index contributed by atoms with van der Waals surface area (Å²) in [7, 11) is 0. The van der Waals surface area contributed by atoms with E-state index in [1.165, 1.54) is 0 Å². The maximum atomic E-state index is 12.3. The second-order valence-electron chi connectivity index (χ2n) is 5.19. The monoisotopic (exact) mass is 374 g/mol. The SMILES string of the molecule is Cc1[nH]c(=S)c(C#N)c(C)c1CC(=O)Cc1ccc(Br)cc1. The van der Waals surface area contributed by atoms with E-state index in [4.69, 9.17) is 12.2 Å². The first-order chi connectivity index (χ1) is 10.4. The van der Waals surface area contributed by atoms with Crippen LogP contribution in [0.1, 0.15) is 27.9 Å². The Morgan fingerprint density at radius 3 is 2.50 bits per heavy atom. The number of ketones is 1. The molecule has 0 unspecified atom stereocenters. The minimum absolute atomic E-state index is 0.114. The lowest BCUT2D eigenvalue weighted by molar-refractivity contribution is -0.117. The maximum absolute atomic E-state index is 12.3. The van der Waals surface area contributed by atoms with E-state index >= 15 is 0 Å². The first-order valence-electron chi connectivity index (χ1n) is 6.81. The molecule has 0 saturated carbocycles. The lowest BCUT2D eigenvalue weighted by atomic mass is 9.96. The molecule has 0 aliphatic carbocycles. The molecule has 0 saturated heterocycles. The molecule has 1 aromatic heterocycles. The number of aromatic amines is 1. The van der Waals surface area contributed by atoms with Crippen molar-refractivity contribution in [3.05, 3.63) is 61.3 Å². The first kappa shape index (κ1) is 16.6. The first-order valence-corrected chi connectivity index (χ1v) is 8.01. The van der Waals surface area contributed by atoms with Gasteiger partial charge in [0.2, 0.25) is 0 Å². The Balaban J connectivity index is 2.24. The lowest BCUT2D eigenvalue weighted by Crippen LogP contribution is -2.11. The third-order valence-electron chi connectivity index (χ3n) is 3.61. The molecule has 5 heteroatoms. The minimum atomic E-state index is 0.114. The highest BCUT2D eigenvalue weighted by molar-refractivity contribution is 9.10. The molecule has 0 spiro atoms. The summed E-state index contributed by atoms with van der Waals surface area (Å²) >= 11 is 8.53. The average Bonchev–Trinajstić information content (AvgIpc) is 2.46. The number of rotatable bonds is 4. The number of halogens is 1. The summed E-state index contributed by atoms with van der Waals surface area (Å²) in [4.78, 5) is 15.3. The quantitative estimate of drug-likeness (QED) is 0.809. The van der Waals surface area contributed by atoms with Gasteiger partial charge in [-0.15, -0.1) is 0 Å². The number of Topliss-reactive ketones (excluding diaryl/α,β-unsaturated/α-hetero) is 1. The van der Waals surface area contributed by atoms with Crippen LogP contribution in [0.4, 0.5) is 0 Å². The van der Waals surface area contributed by atoms with Gasteiger partial charge in [-0.3, -0.25) is 4.79 Å². The van der Waals surface area contributed by atoms with Crippen molar-refractivity contribution in [2.24, 2.45) is 0 Å². The number of hydrogen-bond acceptors (Lipinski definition) is 3. The van der Waals surface area contributed by atoms with E-state index < -0.39 is 0 Å². The molecule has 1 aromatic carbocycles. The van der Waals surface area contributed by atoms with Gasteiger partial charge in [0.1, 0.15) is 16.5 Å². The van der Waals surface area contributed by atoms with Crippen LogP contribution in [0.5, 0.6) is 0 Å². The van der Waals surface area contributed by atoms with E-state index in [0.29, 0.717) is 23.0 Å². The number of aromatic nitrogens is 1. The highest BCUT2D eigenvalue weighted by Gasteiger charge is 2.14. The summed E-state index contributed by atoms with van der Waals surface area (Å²) in [5.41, 5.74) is 3.95. The highest BCUT2D eigenvalue weighted by Crippen LogP contribution is 2.19. The van der Waals surface area contributed by atoms with Crippen LogP contribution < -0.4 is 0 Å². The Labute approximate surface area is 143 Å². The molecule has 0 radical (unpaired) electrons. The summed E-state index contributed by atoms with van der Waals surface area (Å²) in [6.45, 7) is 3.73. The molecule has 0 amide bonds.